The number of nitrogens with zero attached hydrogens (tertiary/aromatic N) is 2. The van der Waals surface area contributed by atoms with Crippen molar-refractivity contribution in [3.05, 3.63) is 39.7 Å². The van der Waals surface area contributed by atoms with Crippen molar-refractivity contribution in [2.75, 3.05) is 6.54 Å². The molecule has 1 atom stereocenters. The molecule has 2 amide bonds. The maximum atomic E-state index is 13.2. The lowest BCUT2D eigenvalue weighted by Gasteiger charge is -2.22. The average molecular weight is 281 g/mol. The maximum absolute atomic E-state index is 13.2. The van der Waals surface area contributed by atoms with Gasteiger partial charge in [0.2, 0.25) is 5.91 Å². The van der Waals surface area contributed by atoms with Crippen molar-refractivity contribution in [3.8, 4) is 0 Å². The second-order valence-corrected chi connectivity index (χ2v) is 4.48. The van der Waals surface area contributed by atoms with Gasteiger partial charge in [0.25, 0.3) is 11.6 Å². The topological polar surface area (TPSA) is 107 Å². The van der Waals surface area contributed by atoms with Crippen molar-refractivity contribution in [1.82, 2.24) is 4.90 Å². The molecule has 0 aliphatic carbocycles. The van der Waals surface area contributed by atoms with Gasteiger partial charge in [-0.25, -0.2) is 4.39 Å². The monoisotopic (exact) mass is 281 g/mol. The SMILES string of the molecule is NC(=O)C1CCCN1C(=O)c1cc(F)ccc1[N+](=O)[O-]. The fourth-order valence-corrected chi connectivity index (χ4v) is 2.30. The quantitative estimate of drug-likeness (QED) is 0.653. The molecule has 1 unspecified atom stereocenters. The molecule has 2 N–H and O–H groups in total. The summed E-state index contributed by atoms with van der Waals surface area (Å²) in [5, 5.41) is 10.9. The summed E-state index contributed by atoms with van der Waals surface area (Å²) in [5.41, 5.74) is 4.32. The van der Waals surface area contributed by atoms with E-state index in [9.17, 15) is 24.1 Å². The number of halogens is 1. The molecule has 0 radical (unpaired) electrons. The molecule has 0 bridgehead atoms. The van der Waals surface area contributed by atoms with E-state index in [1.165, 1.54) is 0 Å². The summed E-state index contributed by atoms with van der Waals surface area (Å²) in [5.74, 6) is -2.18. The lowest BCUT2D eigenvalue weighted by molar-refractivity contribution is -0.385. The van der Waals surface area contributed by atoms with Crippen LogP contribution in [0.2, 0.25) is 0 Å². The Morgan fingerprint density at radius 2 is 2.15 bits per heavy atom. The van der Waals surface area contributed by atoms with Crippen LogP contribution in [0.25, 0.3) is 0 Å². The van der Waals surface area contributed by atoms with Crippen molar-refractivity contribution >= 4 is 17.5 Å². The van der Waals surface area contributed by atoms with Gasteiger partial charge in [0.15, 0.2) is 0 Å². The van der Waals surface area contributed by atoms with E-state index in [1.807, 2.05) is 0 Å². The van der Waals surface area contributed by atoms with E-state index in [4.69, 9.17) is 5.73 Å². The first-order valence-corrected chi connectivity index (χ1v) is 5.96. The summed E-state index contributed by atoms with van der Waals surface area (Å²) in [6, 6.07) is 1.84. The van der Waals surface area contributed by atoms with Gasteiger partial charge in [-0.1, -0.05) is 0 Å². The smallest absolute Gasteiger partial charge is 0.282 e. The second kappa shape index (κ2) is 5.24. The van der Waals surface area contributed by atoms with E-state index in [1.54, 1.807) is 0 Å². The zero-order valence-corrected chi connectivity index (χ0v) is 10.4. The third kappa shape index (κ3) is 2.44. The molecule has 8 heteroatoms. The predicted molar refractivity (Wildman–Crippen MR) is 66.3 cm³/mol. The Hall–Kier alpha value is -2.51. The molecule has 7 nitrogen and oxygen atoms in total. The average Bonchev–Trinajstić information content (AvgIpc) is 2.86. The number of carbonyl (C=O) groups excluding carboxylic acids is 2. The number of hydrogen-bond donors (Lipinski definition) is 1. The molecular formula is C12H12FN3O4. The van der Waals surface area contributed by atoms with Crippen molar-refractivity contribution in [2.24, 2.45) is 5.73 Å². The van der Waals surface area contributed by atoms with E-state index in [0.717, 1.165) is 23.1 Å². The highest BCUT2D eigenvalue weighted by Crippen LogP contribution is 2.25. The van der Waals surface area contributed by atoms with E-state index in [-0.39, 0.29) is 12.1 Å². The molecule has 0 saturated carbocycles. The highest BCUT2D eigenvalue weighted by molar-refractivity contribution is 6.00. The molecule has 0 spiro atoms. The summed E-state index contributed by atoms with van der Waals surface area (Å²) in [6.07, 6.45) is 0.979. The fourth-order valence-electron chi connectivity index (χ4n) is 2.30. The van der Waals surface area contributed by atoms with Crippen LogP contribution in [0, 0.1) is 15.9 Å². The van der Waals surface area contributed by atoms with Gasteiger partial charge >= 0.3 is 0 Å². The van der Waals surface area contributed by atoms with Crippen LogP contribution in [-0.4, -0.2) is 34.2 Å². The minimum absolute atomic E-state index is 0.264. The number of likely N-dealkylation sites (tertiary alicyclic amines) is 1. The number of hydrogen-bond acceptors (Lipinski definition) is 4. The lowest BCUT2D eigenvalue weighted by atomic mass is 10.1. The van der Waals surface area contributed by atoms with E-state index < -0.39 is 34.3 Å². The van der Waals surface area contributed by atoms with Gasteiger partial charge in [0, 0.05) is 12.6 Å². The Balaban J connectivity index is 2.40. The van der Waals surface area contributed by atoms with Gasteiger partial charge in [0.1, 0.15) is 17.4 Å². The first-order chi connectivity index (χ1) is 9.41. The van der Waals surface area contributed by atoms with E-state index in [2.05, 4.69) is 0 Å². The Bertz CT molecular complexity index is 590. The molecule has 2 rings (SSSR count). The normalized spacial score (nSPS) is 18.1. The zero-order valence-electron chi connectivity index (χ0n) is 10.4. The second-order valence-electron chi connectivity index (χ2n) is 4.48. The number of nitrogens with two attached hydrogens (primary N) is 1. The summed E-state index contributed by atoms with van der Waals surface area (Å²) >= 11 is 0. The van der Waals surface area contributed by atoms with Crippen LogP contribution in [0.15, 0.2) is 18.2 Å². The van der Waals surface area contributed by atoms with Crippen LogP contribution in [0.3, 0.4) is 0 Å². The Morgan fingerprint density at radius 1 is 1.45 bits per heavy atom. The molecular weight excluding hydrogens is 269 g/mol. The van der Waals surface area contributed by atoms with Gasteiger partial charge in [-0.3, -0.25) is 19.7 Å². The van der Waals surface area contributed by atoms with Crippen molar-refractivity contribution < 1.29 is 18.9 Å². The largest absolute Gasteiger partial charge is 0.368 e. The third-order valence-electron chi connectivity index (χ3n) is 3.23. The molecule has 1 saturated heterocycles. The predicted octanol–water partition coefficient (Wildman–Crippen LogP) is 0.824. The summed E-state index contributed by atoms with van der Waals surface area (Å²) in [7, 11) is 0. The molecule has 0 aromatic heterocycles. The Labute approximate surface area is 113 Å². The molecule has 1 aliphatic heterocycles. The van der Waals surface area contributed by atoms with E-state index in [0.29, 0.717) is 12.8 Å². The van der Waals surface area contributed by atoms with Gasteiger partial charge < -0.3 is 10.6 Å². The fraction of sp³-hybridized carbons (Fsp3) is 0.333. The first-order valence-electron chi connectivity index (χ1n) is 5.96. The van der Waals surface area contributed by atoms with E-state index >= 15 is 0 Å². The maximum Gasteiger partial charge on any atom is 0.282 e. The van der Waals surface area contributed by atoms with Gasteiger partial charge in [0.05, 0.1) is 4.92 Å². The van der Waals surface area contributed by atoms with Crippen molar-refractivity contribution in [3.63, 3.8) is 0 Å². The van der Waals surface area contributed by atoms with Gasteiger partial charge in [-0.05, 0) is 25.0 Å². The minimum atomic E-state index is -0.801. The highest BCUT2D eigenvalue weighted by Gasteiger charge is 2.35. The third-order valence-corrected chi connectivity index (χ3v) is 3.23. The molecule has 1 heterocycles. The number of nitro benzene ring substituents is 1. The Morgan fingerprint density at radius 3 is 2.75 bits per heavy atom. The summed E-state index contributed by atoms with van der Waals surface area (Å²) in [6.45, 7) is 0.264. The number of rotatable bonds is 3. The molecule has 1 aliphatic rings. The van der Waals surface area contributed by atoms with Gasteiger partial charge in [-0.2, -0.15) is 0 Å². The summed E-state index contributed by atoms with van der Waals surface area (Å²) < 4.78 is 13.2. The van der Waals surface area contributed by atoms with Crippen molar-refractivity contribution in [2.45, 2.75) is 18.9 Å². The molecule has 20 heavy (non-hydrogen) atoms. The number of primary amides is 1. The first kappa shape index (κ1) is 13.9. The van der Waals surface area contributed by atoms with Crippen LogP contribution < -0.4 is 5.73 Å². The minimum Gasteiger partial charge on any atom is -0.368 e. The number of benzene rings is 1. The number of carbonyl (C=O) groups is 2. The van der Waals surface area contributed by atoms with Crippen LogP contribution in [0.5, 0.6) is 0 Å². The molecule has 1 aromatic carbocycles. The lowest BCUT2D eigenvalue weighted by Crippen LogP contribution is -2.43. The zero-order chi connectivity index (χ0) is 14.9. The molecule has 1 aromatic rings. The summed E-state index contributed by atoms with van der Waals surface area (Å²) in [4.78, 5) is 34.8. The van der Waals surface area contributed by atoms with Crippen molar-refractivity contribution in [1.29, 1.82) is 0 Å². The number of amides is 2. The number of nitro groups is 1. The van der Waals surface area contributed by atoms with Crippen LogP contribution >= 0.6 is 0 Å². The molecule has 106 valence electrons. The van der Waals surface area contributed by atoms with Crippen LogP contribution in [-0.2, 0) is 4.79 Å². The van der Waals surface area contributed by atoms with Crippen LogP contribution in [0.1, 0.15) is 23.2 Å². The van der Waals surface area contributed by atoms with Crippen LogP contribution in [0.4, 0.5) is 10.1 Å². The standard InChI is InChI=1S/C12H12FN3O4/c13-7-3-4-9(16(19)20)8(6-7)12(18)15-5-1-2-10(15)11(14)17/h3-4,6,10H,1-2,5H2,(H2,14,17). The highest BCUT2D eigenvalue weighted by atomic mass is 19.1. The molecule has 1 fully saturated rings. The van der Waals surface area contributed by atoms with Gasteiger partial charge in [-0.15, -0.1) is 0 Å². The Kier molecular flexibility index (Phi) is 3.64.